The molecule has 92 valence electrons. The smallest absolute Gasteiger partial charge is 0.186 e. The lowest BCUT2D eigenvalue weighted by Crippen LogP contribution is -2.34. The summed E-state index contributed by atoms with van der Waals surface area (Å²) in [5, 5.41) is 3.26. The van der Waals surface area contributed by atoms with Gasteiger partial charge in [-0.2, -0.15) is 0 Å². The maximum absolute atomic E-state index is 5.85. The maximum Gasteiger partial charge on any atom is 0.186 e. The van der Waals surface area contributed by atoms with Crippen molar-refractivity contribution in [1.29, 1.82) is 0 Å². The number of amidine groups is 1. The Hall–Kier alpha value is -2.23. The third-order valence-corrected chi connectivity index (χ3v) is 2.95. The van der Waals surface area contributed by atoms with Crippen LogP contribution >= 0.6 is 0 Å². The second kappa shape index (κ2) is 3.91. The molecule has 1 aromatic rings. The molecular weight excluding hydrogens is 226 g/mol. The molecule has 0 bridgehead atoms. The number of rotatable bonds is 1. The van der Waals surface area contributed by atoms with E-state index in [4.69, 9.17) is 4.74 Å². The first-order chi connectivity index (χ1) is 8.65. The Balaban J connectivity index is 2.01. The number of hydrogen-bond donors (Lipinski definition) is 1. The Morgan fingerprint density at radius 2 is 2.11 bits per heavy atom. The van der Waals surface area contributed by atoms with Crippen molar-refractivity contribution in [2.75, 3.05) is 5.32 Å². The van der Waals surface area contributed by atoms with Crippen LogP contribution in [0.4, 0.5) is 5.69 Å². The number of nitrogens with zero attached hydrogens (tertiary/aromatic N) is 2. The SMILES string of the molecule is C=C1N=C2Nc3ccccc3OC2=CN1C(C)C. The zero-order valence-electron chi connectivity index (χ0n) is 10.5. The van der Waals surface area contributed by atoms with Crippen LogP contribution in [-0.2, 0) is 0 Å². The van der Waals surface area contributed by atoms with Gasteiger partial charge in [0.1, 0.15) is 5.82 Å². The first-order valence-corrected chi connectivity index (χ1v) is 5.97. The molecule has 0 aliphatic carbocycles. The van der Waals surface area contributed by atoms with Crippen LogP contribution in [0.2, 0.25) is 0 Å². The lowest BCUT2D eigenvalue weighted by molar-refractivity contribution is 0.348. The highest BCUT2D eigenvalue weighted by Gasteiger charge is 2.26. The molecule has 0 saturated heterocycles. The number of aliphatic imine (C=N–C) groups is 1. The highest BCUT2D eigenvalue weighted by Crippen LogP contribution is 2.33. The van der Waals surface area contributed by atoms with E-state index in [-0.39, 0.29) is 0 Å². The van der Waals surface area contributed by atoms with Crippen LogP contribution in [-0.4, -0.2) is 16.8 Å². The fraction of sp³-hybridized carbons (Fsp3) is 0.214. The van der Waals surface area contributed by atoms with Gasteiger partial charge in [0.25, 0.3) is 0 Å². The van der Waals surface area contributed by atoms with Crippen molar-refractivity contribution in [2.24, 2.45) is 4.99 Å². The van der Waals surface area contributed by atoms with E-state index in [0.717, 1.165) is 28.9 Å². The molecule has 0 aromatic heterocycles. The number of nitrogens with one attached hydrogen (secondary N) is 1. The van der Waals surface area contributed by atoms with Crippen molar-refractivity contribution >= 4 is 11.5 Å². The summed E-state index contributed by atoms with van der Waals surface area (Å²) in [6.07, 6.45) is 1.94. The molecule has 1 N–H and O–H groups in total. The van der Waals surface area contributed by atoms with Gasteiger partial charge in [-0.15, -0.1) is 0 Å². The molecule has 0 fully saturated rings. The molecule has 1 aromatic carbocycles. The van der Waals surface area contributed by atoms with Gasteiger partial charge in [0.15, 0.2) is 17.3 Å². The highest BCUT2D eigenvalue weighted by atomic mass is 16.5. The van der Waals surface area contributed by atoms with Gasteiger partial charge in [0.05, 0.1) is 11.9 Å². The minimum Gasteiger partial charge on any atom is -0.450 e. The molecule has 2 aliphatic heterocycles. The maximum atomic E-state index is 5.85. The zero-order chi connectivity index (χ0) is 12.7. The molecule has 0 atom stereocenters. The van der Waals surface area contributed by atoms with Crippen LogP contribution in [0.15, 0.2) is 53.6 Å². The van der Waals surface area contributed by atoms with Gasteiger partial charge >= 0.3 is 0 Å². The lowest BCUT2D eigenvalue weighted by Gasteiger charge is -2.32. The molecule has 0 radical (unpaired) electrons. The summed E-state index contributed by atoms with van der Waals surface area (Å²) in [5.74, 6) is 2.99. The highest BCUT2D eigenvalue weighted by molar-refractivity contribution is 6.10. The van der Waals surface area contributed by atoms with Gasteiger partial charge < -0.3 is 15.0 Å². The number of anilines is 1. The van der Waals surface area contributed by atoms with Crippen molar-refractivity contribution in [3.05, 3.63) is 48.6 Å². The largest absolute Gasteiger partial charge is 0.450 e. The second-order valence-electron chi connectivity index (χ2n) is 4.59. The van der Waals surface area contributed by atoms with E-state index in [1.807, 2.05) is 35.4 Å². The summed E-state index contributed by atoms with van der Waals surface area (Å²) in [6, 6.07) is 8.11. The third kappa shape index (κ3) is 1.66. The van der Waals surface area contributed by atoms with Crippen LogP contribution in [0, 0.1) is 0 Å². The van der Waals surface area contributed by atoms with Gasteiger partial charge in [-0.3, -0.25) is 0 Å². The number of fused-ring (bicyclic) bond motifs is 2. The quantitative estimate of drug-likeness (QED) is 0.821. The molecule has 2 heterocycles. The van der Waals surface area contributed by atoms with E-state index in [2.05, 4.69) is 30.7 Å². The Labute approximate surface area is 106 Å². The zero-order valence-corrected chi connectivity index (χ0v) is 10.5. The predicted molar refractivity (Wildman–Crippen MR) is 72.3 cm³/mol. The average Bonchev–Trinajstić information content (AvgIpc) is 2.35. The molecule has 4 heteroatoms. The molecule has 2 aliphatic rings. The minimum atomic E-state index is 0.302. The molecule has 3 rings (SSSR count). The summed E-state index contributed by atoms with van der Waals surface area (Å²) in [6.45, 7) is 8.14. The number of para-hydroxylation sites is 2. The monoisotopic (exact) mass is 241 g/mol. The normalized spacial score (nSPS) is 17.3. The standard InChI is InChI=1S/C14H15N3O/c1-9(2)17-8-13-14(15-10(17)3)16-11-6-4-5-7-12(11)18-13/h4-9H,3H2,1-2H3,(H,15,16). The Morgan fingerprint density at radius 1 is 1.33 bits per heavy atom. The number of ether oxygens (including phenoxy) is 1. The summed E-state index contributed by atoms with van der Waals surface area (Å²) in [7, 11) is 0. The lowest BCUT2D eigenvalue weighted by atomic mass is 10.2. The van der Waals surface area contributed by atoms with E-state index in [1.54, 1.807) is 0 Å². The molecule has 0 spiro atoms. The first kappa shape index (κ1) is 10.9. The van der Waals surface area contributed by atoms with Gasteiger partial charge in [0.2, 0.25) is 0 Å². The van der Waals surface area contributed by atoms with E-state index in [1.165, 1.54) is 0 Å². The molecule has 4 nitrogen and oxygen atoms in total. The fourth-order valence-electron chi connectivity index (χ4n) is 2.02. The van der Waals surface area contributed by atoms with Gasteiger partial charge in [-0.1, -0.05) is 18.7 Å². The van der Waals surface area contributed by atoms with Crippen LogP contribution < -0.4 is 10.1 Å². The average molecular weight is 241 g/mol. The predicted octanol–water partition coefficient (Wildman–Crippen LogP) is 2.93. The topological polar surface area (TPSA) is 36.9 Å². The first-order valence-electron chi connectivity index (χ1n) is 5.97. The second-order valence-corrected chi connectivity index (χ2v) is 4.59. The van der Waals surface area contributed by atoms with Crippen LogP contribution in [0.25, 0.3) is 0 Å². The van der Waals surface area contributed by atoms with Crippen molar-refractivity contribution in [2.45, 2.75) is 19.9 Å². The van der Waals surface area contributed by atoms with Gasteiger partial charge in [-0.05, 0) is 26.0 Å². The Morgan fingerprint density at radius 3 is 2.89 bits per heavy atom. The summed E-state index contributed by atoms with van der Waals surface area (Å²) >= 11 is 0. The van der Waals surface area contributed by atoms with E-state index in [0.29, 0.717) is 6.04 Å². The van der Waals surface area contributed by atoms with E-state index in [9.17, 15) is 0 Å². The van der Waals surface area contributed by atoms with Crippen LogP contribution in [0.1, 0.15) is 13.8 Å². The van der Waals surface area contributed by atoms with Crippen LogP contribution in [0.3, 0.4) is 0 Å². The Bertz CT molecular complexity index is 572. The molecule has 0 saturated carbocycles. The summed E-state index contributed by atoms with van der Waals surface area (Å²) in [5.41, 5.74) is 0.930. The number of benzene rings is 1. The fourth-order valence-corrected chi connectivity index (χ4v) is 2.02. The van der Waals surface area contributed by atoms with Crippen LogP contribution in [0.5, 0.6) is 5.75 Å². The third-order valence-electron chi connectivity index (χ3n) is 2.95. The van der Waals surface area contributed by atoms with Crippen molar-refractivity contribution in [3.8, 4) is 5.75 Å². The molecule has 0 unspecified atom stereocenters. The van der Waals surface area contributed by atoms with E-state index >= 15 is 0 Å². The van der Waals surface area contributed by atoms with Gasteiger partial charge in [-0.25, -0.2) is 4.99 Å². The van der Waals surface area contributed by atoms with Gasteiger partial charge in [0, 0.05) is 6.04 Å². The summed E-state index contributed by atoms with van der Waals surface area (Å²) in [4.78, 5) is 6.44. The Kier molecular flexibility index (Phi) is 2.37. The van der Waals surface area contributed by atoms with Crippen molar-refractivity contribution in [3.63, 3.8) is 0 Å². The minimum absolute atomic E-state index is 0.302. The molecule has 18 heavy (non-hydrogen) atoms. The molecular formula is C14H15N3O. The molecule has 0 amide bonds. The van der Waals surface area contributed by atoms with E-state index < -0.39 is 0 Å². The summed E-state index contributed by atoms with van der Waals surface area (Å²) < 4.78 is 5.85. The number of hydrogen-bond acceptors (Lipinski definition) is 4. The van der Waals surface area contributed by atoms with Crippen molar-refractivity contribution in [1.82, 2.24) is 4.90 Å². The van der Waals surface area contributed by atoms with Crippen molar-refractivity contribution < 1.29 is 4.74 Å².